The first-order valence-corrected chi connectivity index (χ1v) is 6.92. The van der Waals surface area contributed by atoms with E-state index in [0.717, 1.165) is 28.6 Å². The summed E-state index contributed by atoms with van der Waals surface area (Å²) >= 11 is 1.50. The molecule has 2 aromatic rings. The van der Waals surface area contributed by atoms with Crippen molar-refractivity contribution >= 4 is 21.6 Å². The maximum atomic E-state index is 12.2. The Balaban J connectivity index is 1.93. The third-order valence-electron chi connectivity index (χ3n) is 3.38. The molecule has 0 aliphatic carbocycles. The quantitative estimate of drug-likeness (QED) is 0.891. The molecule has 18 heavy (non-hydrogen) atoms. The van der Waals surface area contributed by atoms with E-state index in [-0.39, 0.29) is 11.7 Å². The van der Waals surface area contributed by atoms with E-state index >= 15 is 0 Å². The van der Waals surface area contributed by atoms with E-state index in [4.69, 9.17) is 0 Å². The van der Waals surface area contributed by atoms with Crippen molar-refractivity contribution in [3.05, 3.63) is 34.1 Å². The summed E-state index contributed by atoms with van der Waals surface area (Å²) in [6.07, 6.45) is 0.566. The standard InChI is InChI=1S/C13H16N2O2S/c1-9-2-3-12-11(6-9)13(17)15(18-12)8-14-5-4-10(16)7-14/h2-3,6,10,16H,4-5,7-8H2,1H3/t10-/m1/s1. The summed E-state index contributed by atoms with van der Waals surface area (Å²) in [7, 11) is 0. The fourth-order valence-corrected chi connectivity index (χ4v) is 3.41. The Kier molecular flexibility index (Phi) is 2.97. The topological polar surface area (TPSA) is 45.5 Å². The molecule has 1 atom stereocenters. The van der Waals surface area contributed by atoms with Crippen LogP contribution in [0.15, 0.2) is 23.0 Å². The van der Waals surface area contributed by atoms with Gasteiger partial charge in [-0.1, -0.05) is 23.2 Å². The van der Waals surface area contributed by atoms with Crippen LogP contribution < -0.4 is 5.56 Å². The molecular formula is C13H16N2O2S. The van der Waals surface area contributed by atoms with Crippen LogP contribution in [0.1, 0.15) is 12.0 Å². The number of aryl methyl sites for hydroxylation is 1. The lowest BCUT2D eigenvalue weighted by atomic mass is 10.2. The van der Waals surface area contributed by atoms with Gasteiger partial charge in [0.1, 0.15) is 0 Å². The first kappa shape index (κ1) is 11.9. The number of β-amino-alcohol motifs (C(OH)–C–C–N with tert-alkyl or cyclic N) is 1. The minimum atomic E-state index is -0.239. The van der Waals surface area contributed by atoms with Gasteiger partial charge in [0.25, 0.3) is 5.56 Å². The minimum absolute atomic E-state index is 0.0834. The van der Waals surface area contributed by atoms with Gasteiger partial charge in [-0.15, -0.1) is 0 Å². The first-order valence-electron chi connectivity index (χ1n) is 6.14. The van der Waals surface area contributed by atoms with Crippen LogP contribution in [0.5, 0.6) is 0 Å². The number of hydrogen-bond donors (Lipinski definition) is 1. The van der Waals surface area contributed by atoms with Crippen LogP contribution >= 0.6 is 11.5 Å². The molecule has 96 valence electrons. The molecule has 1 fully saturated rings. The molecule has 0 unspecified atom stereocenters. The average molecular weight is 264 g/mol. The number of nitrogens with zero attached hydrogens (tertiary/aromatic N) is 2. The Labute approximate surface area is 109 Å². The summed E-state index contributed by atoms with van der Waals surface area (Å²) in [4.78, 5) is 14.4. The molecule has 0 radical (unpaired) electrons. The lowest BCUT2D eigenvalue weighted by molar-refractivity contribution is 0.167. The second-order valence-electron chi connectivity index (χ2n) is 4.94. The molecule has 0 spiro atoms. The van der Waals surface area contributed by atoms with Gasteiger partial charge in [-0.2, -0.15) is 0 Å². The highest BCUT2D eigenvalue weighted by molar-refractivity contribution is 7.13. The summed E-state index contributed by atoms with van der Waals surface area (Å²) < 4.78 is 2.81. The zero-order chi connectivity index (χ0) is 12.7. The summed E-state index contributed by atoms with van der Waals surface area (Å²) in [6, 6.07) is 5.98. The summed E-state index contributed by atoms with van der Waals surface area (Å²) in [5.74, 6) is 0. The van der Waals surface area contributed by atoms with Gasteiger partial charge < -0.3 is 5.11 Å². The third-order valence-corrected chi connectivity index (χ3v) is 4.43. The number of likely N-dealkylation sites (tertiary alicyclic amines) is 1. The molecule has 1 saturated heterocycles. The van der Waals surface area contributed by atoms with Gasteiger partial charge in [0.15, 0.2) is 0 Å². The average Bonchev–Trinajstić information content (AvgIpc) is 2.86. The summed E-state index contributed by atoms with van der Waals surface area (Å²) in [5, 5.41) is 10.3. The SMILES string of the molecule is Cc1ccc2sn(CN3CC[C@@H](O)C3)c(=O)c2c1. The van der Waals surface area contributed by atoms with Crippen molar-refractivity contribution in [2.45, 2.75) is 26.1 Å². The molecule has 1 aliphatic rings. The van der Waals surface area contributed by atoms with Crippen molar-refractivity contribution in [3.63, 3.8) is 0 Å². The van der Waals surface area contributed by atoms with Crippen LogP contribution in [0.3, 0.4) is 0 Å². The molecular weight excluding hydrogens is 248 g/mol. The number of fused-ring (bicyclic) bond motifs is 1. The second-order valence-corrected chi connectivity index (χ2v) is 6.00. The number of aliphatic hydroxyl groups excluding tert-OH is 1. The molecule has 3 rings (SSSR count). The molecule has 4 nitrogen and oxygen atoms in total. The molecule has 0 saturated carbocycles. The molecule has 1 aromatic heterocycles. The molecule has 0 amide bonds. The van der Waals surface area contributed by atoms with Crippen molar-refractivity contribution < 1.29 is 5.11 Å². The highest BCUT2D eigenvalue weighted by Gasteiger charge is 2.21. The van der Waals surface area contributed by atoms with Crippen LogP contribution in [0, 0.1) is 6.92 Å². The lowest BCUT2D eigenvalue weighted by Gasteiger charge is -2.13. The Morgan fingerprint density at radius 2 is 2.33 bits per heavy atom. The second kappa shape index (κ2) is 4.50. The van der Waals surface area contributed by atoms with E-state index in [0.29, 0.717) is 13.2 Å². The van der Waals surface area contributed by atoms with E-state index in [9.17, 15) is 9.90 Å². The van der Waals surface area contributed by atoms with Crippen molar-refractivity contribution in [1.29, 1.82) is 0 Å². The van der Waals surface area contributed by atoms with E-state index < -0.39 is 0 Å². The maximum absolute atomic E-state index is 12.2. The molecule has 0 bridgehead atoms. The highest BCUT2D eigenvalue weighted by atomic mass is 32.1. The van der Waals surface area contributed by atoms with Crippen LogP contribution in [-0.2, 0) is 6.67 Å². The fourth-order valence-electron chi connectivity index (χ4n) is 2.40. The smallest absolute Gasteiger partial charge is 0.269 e. The highest BCUT2D eigenvalue weighted by Crippen LogP contribution is 2.19. The molecule has 1 aromatic carbocycles. The van der Waals surface area contributed by atoms with E-state index in [2.05, 4.69) is 4.90 Å². The minimum Gasteiger partial charge on any atom is -0.392 e. The lowest BCUT2D eigenvalue weighted by Crippen LogP contribution is -2.28. The molecule has 2 heterocycles. The zero-order valence-corrected chi connectivity index (χ0v) is 11.1. The molecule has 5 heteroatoms. The molecule has 1 aliphatic heterocycles. The van der Waals surface area contributed by atoms with Crippen molar-refractivity contribution in [2.24, 2.45) is 0 Å². The van der Waals surface area contributed by atoms with Crippen molar-refractivity contribution in [3.8, 4) is 0 Å². The predicted molar refractivity (Wildman–Crippen MR) is 73.0 cm³/mol. The van der Waals surface area contributed by atoms with Crippen molar-refractivity contribution in [2.75, 3.05) is 13.1 Å². The normalized spacial score (nSPS) is 20.9. The number of hydrogen-bond acceptors (Lipinski definition) is 4. The van der Waals surface area contributed by atoms with Gasteiger partial charge in [-0.3, -0.25) is 9.69 Å². The van der Waals surface area contributed by atoms with Crippen LogP contribution in [0.2, 0.25) is 0 Å². The zero-order valence-electron chi connectivity index (χ0n) is 10.3. The maximum Gasteiger partial charge on any atom is 0.269 e. The van der Waals surface area contributed by atoms with E-state index in [1.165, 1.54) is 11.5 Å². The van der Waals surface area contributed by atoms with Gasteiger partial charge >= 0.3 is 0 Å². The van der Waals surface area contributed by atoms with Gasteiger partial charge in [-0.25, -0.2) is 3.96 Å². The number of rotatable bonds is 2. The van der Waals surface area contributed by atoms with Crippen molar-refractivity contribution in [1.82, 2.24) is 8.86 Å². The van der Waals surface area contributed by atoms with Crippen LogP contribution in [0.4, 0.5) is 0 Å². The Bertz CT molecular complexity index is 631. The van der Waals surface area contributed by atoms with Gasteiger partial charge in [-0.05, 0) is 25.5 Å². The number of benzene rings is 1. The van der Waals surface area contributed by atoms with Gasteiger partial charge in [0.05, 0.1) is 22.9 Å². The van der Waals surface area contributed by atoms with Crippen LogP contribution in [-0.4, -0.2) is 33.2 Å². The fraction of sp³-hybridized carbons (Fsp3) is 0.462. The van der Waals surface area contributed by atoms with E-state index in [1.807, 2.05) is 25.1 Å². The third kappa shape index (κ3) is 2.09. The van der Waals surface area contributed by atoms with Gasteiger partial charge in [0.2, 0.25) is 0 Å². The summed E-state index contributed by atoms with van der Waals surface area (Å²) in [6.45, 7) is 4.12. The Hall–Kier alpha value is -1.17. The Morgan fingerprint density at radius 1 is 1.50 bits per heavy atom. The number of aliphatic hydroxyl groups is 1. The molecule has 1 N–H and O–H groups in total. The van der Waals surface area contributed by atoms with E-state index in [1.54, 1.807) is 3.96 Å². The Morgan fingerprint density at radius 3 is 3.06 bits per heavy atom. The summed E-state index contributed by atoms with van der Waals surface area (Å²) in [5.41, 5.74) is 1.20. The largest absolute Gasteiger partial charge is 0.392 e. The monoisotopic (exact) mass is 264 g/mol. The van der Waals surface area contributed by atoms with Crippen LogP contribution in [0.25, 0.3) is 10.1 Å². The number of aromatic nitrogens is 1. The first-order chi connectivity index (χ1) is 8.63. The van der Waals surface area contributed by atoms with Gasteiger partial charge in [0, 0.05) is 13.1 Å². The predicted octanol–water partition coefficient (Wildman–Crippen LogP) is 1.40.